The van der Waals surface area contributed by atoms with E-state index in [9.17, 15) is 4.39 Å². The Morgan fingerprint density at radius 2 is 1.96 bits per heavy atom. The number of nitrogens with zero attached hydrogens (tertiary/aromatic N) is 3. The fourth-order valence-corrected chi connectivity index (χ4v) is 3.63. The molecule has 0 fully saturated rings. The molecule has 0 aliphatic carbocycles. The topological polar surface area (TPSA) is 39.9 Å². The third-order valence-corrected chi connectivity index (χ3v) is 4.97. The molecule has 0 unspecified atom stereocenters. The number of thioether (sulfide) groups is 1. The van der Waals surface area contributed by atoms with Gasteiger partial charge in [0, 0.05) is 22.9 Å². The Morgan fingerprint density at radius 3 is 2.69 bits per heavy atom. The molecule has 3 rings (SSSR count). The van der Waals surface area contributed by atoms with Gasteiger partial charge in [-0.05, 0) is 24.3 Å². The molecule has 2 aromatic carbocycles. The third-order valence-electron chi connectivity index (χ3n) is 3.62. The van der Waals surface area contributed by atoms with E-state index in [4.69, 9.17) is 16.3 Å². The Kier molecular flexibility index (Phi) is 6.30. The summed E-state index contributed by atoms with van der Waals surface area (Å²) in [6.07, 6.45) is 1.76. The van der Waals surface area contributed by atoms with Crippen LogP contribution in [0.3, 0.4) is 0 Å². The summed E-state index contributed by atoms with van der Waals surface area (Å²) < 4.78 is 21.6. The molecule has 1 aromatic heterocycles. The number of rotatable bonds is 8. The molecule has 0 saturated carbocycles. The number of para-hydroxylation sites is 1. The second kappa shape index (κ2) is 8.87. The van der Waals surface area contributed by atoms with Gasteiger partial charge in [-0.15, -0.1) is 16.8 Å². The minimum atomic E-state index is -0.326. The van der Waals surface area contributed by atoms with Crippen molar-refractivity contribution in [1.82, 2.24) is 14.8 Å². The molecule has 3 aromatic rings. The SMILES string of the molecule is C=CCn1c(COc2ccccc2)nnc1SCc1c(F)cccc1Cl. The van der Waals surface area contributed by atoms with Gasteiger partial charge >= 0.3 is 0 Å². The second-order valence-corrected chi connectivity index (χ2v) is 6.74. The Labute approximate surface area is 160 Å². The fourth-order valence-electron chi connectivity index (χ4n) is 2.32. The van der Waals surface area contributed by atoms with Gasteiger partial charge in [-0.3, -0.25) is 4.57 Å². The molecule has 0 radical (unpaired) electrons. The standard InChI is InChI=1S/C19H17ClFN3OS/c1-2-11-24-18(12-25-14-7-4-3-5-8-14)22-23-19(24)26-13-15-16(20)9-6-10-17(15)21/h2-10H,1,11-13H2. The first-order valence-electron chi connectivity index (χ1n) is 7.95. The minimum absolute atomic E-state index is 0.284. The lowest BCUT2D eigenvalue weighted by atomic mass is 10.2. The highest BCUT2D eigenvalue weighted by molar-refractivity contribution is 7.98. The summed E-state index contributed by atoms with van der Waals surface area (Å²) in [6, 6.07) is 14.2. The summed E-state index contributed by atoms with van der Waals surface area (Å²) in [5, 5.41) is 9.47. The number of aromatic nitrogens is 3. The highest BCUT2D eigenvalue weighted by Crippen LogP contribution is 2.28. The van der Waals surface area contributed by atoms with Crippen molar-refractivity contribution >= 4 is 23.4 Å². The molecule has 0 spiro atoms. The third kappa shape index (κ3) is 4.45. The lowest BCUT2D eigenvalue weighted by molar-refractivity contribution is 0.289. The Balaban J connectivity index is 1.73. The van der Waals surface area contributed by atoms with E-state index in [-0.39, 0.29) is 12.4 Å². The van der Waals surface area contributed by atoms with Crippen LogP contribution in [0.2, 0.25) is 5.02 Å². The summed E-state index contributed by atoms with van der Waals surface area (Å²) in [7, 11) is 0. The lowest BCUT2D eigenvalue weighted by Gasteiger charge is -2.10. The zero-order valence-electron chi connectivity index (χ0n) is 13.9. The van der Waals surface area contributed by atoms with Gasteiger partial charge in [0.05, 0.1) is 0 Å². The van der Waals surface area contributed by atoms with Crippen LogP contribution in [-0.2, 0) is 18.9 Å². The molecule has 0 aliphatic heterocycles. The molecule has 0 saturated heterocycles. The number of hydrogen-bond donors (Lipinski definition) is 0. The summed E-state index contributed by atoms with van der Waals surface area (Å²) in [4.78, 5) is 0. The lowest BCUT2D eigenvalue weighted by Crippen LogP contribution is -2.07. The minimum Gasteiger partial charge on any atom is -0.486 e. The van der Waals surface area contributed by atoms with Gasteiger partial charge in [0.25, 0.3) is 0 Å². The van der Waals surface area contributed by atoms with E-state index in [1.54, 1.807) is 18.2 Å². The average Bonchev–Trinajstić information content (AvgIpc) is 3.03. The monoisotopic (exact) mass is 389 g/mol. The van der Waals surface area contributed by atoms with Crippen LogP contribution < -0.4 is 4.74 Å². The van der Waals surface area contributed by atoms with Gasteiger partial charge in [-0.25, -0.2) is 4.39 Å². The van der Waals surface area contributed by atoms with Gasteiger partial charge in [-0.1, -0.05) is 53.7 Å². The molecule has 26 heavy (non-hydrogen) atoms. The molecule has 0 bridgehead atoms. The summed E-state index contributed by atoms with van der Waals surface area (Å²) in [6.45, 7) is 4.59. The van der Waals surface area contributed by atoms with Crippen LogP contribution in [0, 0.1) is 5.82 Å². The highest BCUT2D eigenvalue weighted by atomic mass is 35.5. The molecule has 0 atom stereocenters. The van der Waals surface area contributed by atoms with Crippen molar-refractivity contribution in [2.75, 3.05) is 0 Å². The van der Waals surface area contributed by atoms with Crippen molar-refractivity contribution < 1.29 is 9.13 Å². The van der Waals surface area contributed by atoms with Crippen LogP contribution in [-0.4, -0.2) is 14.8 Å². The fraction of sp³-hybridized carbons (Fsp3) is 0.158. The van der Waals surface area contributed by atoms with Crippen molar-refractivity contribution in [3.8, 4) is 5.75 Å². The second-order valence-electron chi connectivity index (χ2n) is 5.39. The Morgan fingerprint density at radius 1 is 1.15 bits per heavy atom. The maximum atomic E-state index is 13.9. The van der Waals surface area contributed by atoms with E-state index in [0.29, 0.717) is 33.9 Å². The Bertz CT molecular complexity index is 865. The van der Waals surface area contributed by atoms with Gasteiger partial charge in [0.1, 0.15) is 18.2 Å². The summed E-state index contributed by atoms with van der Waals surface area (Å²) >= 11 is 7.46. The van der Waals surface area contributed by atoms with Crippen LogP contribution in [0.5, 0.6) is 5.75 Å². The van der Waals surface area contributed by atoms with E-state index in [2.05, 4.69) is 16.8 Å². The smallest absolute Gasteiger partial charge is 0.191 e. The van der Waals surface area contributed by atoms with Crippen LogP contribution >= 0.6 is 23.4 Å². The predicted molar refractivity (Wildman–Crippen MR) is 102 cm³/mol. The van der Waals surface area contributed by atoms with Gasteiger partial charge in [-0.2, -0.15) is 0 Å². The maximum Gasteiger partial charge on any atom is 0.191 e. The van der Waals surface area contributed by atoms with Crippen molar-refractivity contribution in [1.29, 1.82) is 0 Å². The van der Waals surface area contributed by atoms with Crippen LogP contribution in [0.4, 0.5) is 4.39 Å². The van der Waals surface area contributed by atoms with Crippen molar-refractivity contribution in [2.24, 2.45) is 0 Å². The molecular weight excluding hydrogens is 373 g/mol. The molecule has 0 aliphatic rings. The van der Waals surface area contributed by atoms with Gasteiger partial charge < -0.3 is 4.74 Å². The van der Waals surface area contributed by atoms with E-state index in [0.717, 1.165) is 5.75 Å². The normalized spacial score (nSPS) is 10.7. The number of hydrogen-bond acceptors (Lipinski definition) is 4. The van der Waals surface area contributed by atoms with Crippen LogP contribution in [0.1, 0.15) is 11.4 Å². The van der Waals surface area contributed by atoms with E-state index in [1.165, 1.54) is 17.8 Å². The average molecular weight is 390 g/mol. The Hall–Kier alpha value is -2.31. The summed E-state index contributed by atoms with van der Waals surface area (Å²) in [5.41, 5.74) is 0.453. The van der Waals surface area contributed by atoms with Crippen LogP contribution in [0.15, 0.2) is 66.3 Å². The molecule has 0 N–H and O–H groups in total. The largest absolute Gasteiger partial charge is 0.486 e. The number of halogens is 2. The molecule has 1 heterocycles. The van der Waals surface area contributed by atoms with Gasteiger partial charge in [0.2, 0.25) is 0 Å². The molecular formula is C19H17ClFN3OS. The van der Waals surface area contributed by atoms with Crippen LogP contribution in [0.25, 0.3) is 0 Å². The van der Waals surface area contributed by atoms with Crippen molar-refractivity contribution in [3.05, 3.63) is 83.4 Å². The zero-order valence-corrected chi connectivity index (χ0v) is 15.5. The van der Waals surface area contributed by atoms with E-state index in [1.807, 2.05) is 34.9 Å². The number of allylic oxidation sites excluding steroid dienone is 1. The molecule has 7 heteroatoms. The van der Waals surface area contributed by atoms with Crippen molar-refractivity contribution in [3.63, 3.8) is 0 Å². The first-order chi connectivity index (χ1) is 12.7. The first-order valence-corrected chi connectivity index (χ1v) is 9.32. The zero-order chi connectivity index (χ0) is 18.4. The molecule has 0 amide bonds. The number of benzene rings is 2. The first kappa shape index (κ1) is 18.5. The number of ether oxygens (including phenoxy) is 1. The van der Waals surface area contributed by atoms with Gasteiger partial charge in [0.15, 0.2) is 11.0 Å². The van der Waals surface area contributed by atoms with E-state index >= 15 is 0 Å². The molecule has 134 valence electrons. The summed E-state index contributed by atoms with van der Waals surface area (Å²) in [5.74, 6) is 1.47. The molecule has 4 nitrogen and oxygen atoms in total. The predicted octanol–water partition coefficient (Wildman–Crippen LogP) is 5.13. The maximum absolute atomic E-state index is 13.9. The quantitative estimate of drug-likeness (QED) is 0.395. The van der Waals surface area contributed by atoms with E-state index < -0.39 is 0 Å². The highest BCUT2D eigenvalue weighted by Gasteiger charge is 2.14. The van der Waals surface area contributed by atoms with Crippen molar-refractivity contribution in [2.45, 2.75) is 24.1 Å².